The Kier molecular flexibility index (Phi) is 5.57. The highest BCUT2D eigenvalue weighted by atomic mass is 19.4. The number of hydrogen-bond acceptors (Lipinski definition) is 3. The molecule has 4 nitrogen and oxygen atoms in total. The molecule has 0 spiro atoms. The van der Waals surface area contributed by atoms with Gasteiger partial charge in [0, 0.05) is 0 Å². The molecule has 2 atom stereocenters. The zero-order valence-corrected chi connectivity index (χ0v) is 11.7. The first-order valence-electron chi connectivity index (χ1n) is 6.04. The summed E-state index contributed by atoms with van der Waals surface area (Å²) in [7, 11) is 0. The number of hydrogen-bond donors (Lipinski definition) is 1. The fraction of sp³-hybridized carbons (Fsp3) is 0.833. The van der Waals surface area contributed by atoms with Gasteiger partial charge in [-0.25, -0.2) is 9.18 Å². The zero-order valence-electron chi connectivity index (χ0n) is 11.7. The number of esters is 1. The van der Waals surface area contributed by atoms with Crippen molar-refractivity contribution in [1.29, 1.82) is 0 Å². The quantitative estimate of drug-likeness (QED) is 0.605. The van der Waals surface area contributed by atoms with E-state index in [1.165, 1.54) is 13.8 Å². The summed E-state index contributed by atoms with van der Waals surface area (Å²) in [6.45, 7) is 5.54. The fourth-order valence-corrected chi connectivity index (χ4v) is 1.32. The van der Waals surface area contributed by atoms with Gasteiger partial charge >= 0.3 is 23.8 Å². The SMILES string of the molecule is CCC(OC(=O)C(C)(C)CC)C(F)(C(=O)O)C(F)(F)F. The lowest BCUT2D eigenvalue weighted by Crippen LogP contribution is -2.58. The molecule has 0 aromatic heterocycles. The Morgan fingerprint density at radius 2 is 1.60 bits per heavy atom. The summed E-state index contributed by atoms with van der Waals surface area (Å²) in [5.74, 6) is -3.79. The van der Waals surface area contributed by atoms with E-state index >= 15 is 0 Å². The largest absolute Gasteiger partial charge is 0.479 e. The van der Waals surface area contributed by atoms with Crippen LogP contribution in [0.4, 0.5) is 17.6 Å². The van der Waals surface area contributed by atoms with Crippen LogP contribution >= 0.6 is 0 Å². The van der Waals surface area contributed by atoms with Gasteiger partial charge in [0.15, 0.2) is 6.10 Å². The number of halogens is 4. The van der Waals surface area contributed by atoms with Gasteiger partial charge in [-0.3, -0.25) is 4.79 Å². The van der Waals surface area contributed by atoms with Crippen molar-refractivity contribution < 1.29 is 37.0 Å². The van der Waals surface area contributed by atoms with Gasteiger partial charge in [-0.1, -0.05) is 13.8 Å². The van der Waals surface area contributed by atoms with E-state index in [-0.39, 0.29) is 6.42 Å². The van der Waals surface area contributed by atoms with Crippen molar-refractivity contribution in [3.8, 4) is 0 Å². The van der Waals surface area contributed by atoms with Crippen LogP contribution in [0, 0.1) is 5.41 Å². The molecule has 0 bridgehead atoms. The second kappa shape index (κ2) is 5.97. The van der Waals surface area contributed by atoms with E-state index in [0.29, 0.717) is 0 Å². The van der Waals surface area contributed by atoms with E-state index in [9.17, 15) is 27.2 Å². The number of carbonyl (C=O) groups excluding carboxylic acids is 1. The van der Waals surface area contributed by atoms with E-state index in [2.05, 4.69) is 4.74 Å². The lowest BCUT2D eigenvalue weighted by atomic mass is 9.89. The average Bonchev–Trinajstić information content (AvgIpc) is 2.32. The summed E-state index contributed by atoms with van der Waals surface area (Å²) in [5, 5.41) is 8.56. The van der Waals surface area contributed by atoms with Gasteiger partial charge in [0.05, 0.1) is 5.41 Å². The summed E-state index contributed by atoms with van der Waals surface area (Å²) < 4.78 is 56.5. The third kappa shape index (κ3) is 3.40. The summed E-state index contributed by atoms with van der Waals surface area (Å²) in [5.41, 5.74) is -5.75. The molecule has 0 saturated carbocycles. The van der Waals surface area contributed by atoms with E-state index in [1.807, 2.05) is 0 Å². The Labute approximate surface area is 114 Å². The molecule has 0 aromatic carbocycles. The number of alkyl halides is 4. The third-order valence-electron chi connectivity index (χ3n) is 3.22. The van der Waals surface area contributed by atoms with Gasteiger partial charge in [-0.15, -0.1) is 0 Å². The van der Waals surface area contributed by atoms with Gasteiger partial charge < -0.3 is 9.84 Å². The molecular weight excluding hydrogens is 284 g/mol. The van der Waals surface area contributed by atoms with E-state index in [1.54, 1.807) is 6.92 Å². The molecule has 0 aliphatic rings. The second-order valence-corrected chi connectivity index (χ2v) is 5.05. The summed E-state index contributed by atoms with van der Waals surface area (Å²) in [4.78, 5) is 22.4. The monoisotopic (exact) mass is 302 g/mol. The Balaban J connectivity index is 5.46. The van der Waals surface area contributed by atoms with Crippen LogP contribution in [-0.2, 0) is 14.3 Å². The lowest BCUT2D eigenvalue weighted by Gasteiger charge is -2.33. The Morgan fingerprint density at radius 3 is 1.85 bits per heavy atom. The van der Waals surface area contributed by atoms with Gasteiger partial charge in [-0.05, 0) is 26.7 Å². The molecule has 0 radical (unpaired) electrons. The van der Waals surface area contributed by atoms with Crippen molar-refractivity contribution in [2.45, 2.75) is 58.5 Å². The molecule has 1 N–H and O–H groups in total. The van der Waals surface area contributed by atoms with Crippen molar-refractivity contribution in [3.63, 3.8) is 0 Å². The molecule has 0 fully saturated rings. The summed E-state index contributed by atoms with van der Waals surface area (Å²) >= 11 is 0. The van der Waals surface area contributed by atoms with Crippen molar-refractivity contribution >= 4 is 11.9 Å². The minimum absolute atomic E-state index is 0.251. The van der Waals surface area contributed by atoms with Crippen LogP contribution in [0.3, 0.4) is 0 Å². The minimum atomic E-state index is -5.68. The molecule has 2 unspecified atom stereocenters. The maximum atomic E-state index is 13.9. The third-order valence-corrected chi connectivity index (χ3v) is 3.22. The van der Waals surface area contributed by atoms with Crippen molar-refractivity contribution in [3.05, 3.63) is 0 Å². The number of carboxylic acids is 1. The molecule has 0 aliphatic heterocycles. The molecule has 0 aliphatic carbocycles. The van der Waals surface area contributed by atoms with Crippen LogP contribution in [0.1, 0.15) is 40.5 Å². The number of aliphatic carboxylic acids is 1. The Bertz CT molecular complexity index is 378. The van der Waals surface area contributed by atoms with Gasteiger partial charge in [-0.2, -0.15) is 13.2 Å². The molecule has 0 aromatic rings. The molecule has 20 heavy (non-hydrogen) atoms. The minimum Gasteiger partial charge on any atom is -0.479 e. The highest BCUT2D eigenvalue weighted by Crippen LogP contribution is 2.40. The van der Waals surface area contributed by atoms with Crippen LogP contribution in [0.5, 0.6) is 0 Å². The van der Waals surface area contributed by atoms with E-state index in [0.717, 1.165) is 6.92 Å². The molecule has 8 heteroatoms. The van der Waals surface area contributed by atoms with E-state index < -0.39 is 41.7 Å². The standard InChI is InChI=1S/C12H18F4O4/c1-5-7(20-9(19)10(3,4)6-2)11(13,8(17)18)12(14,15)16/h7H,5-6H2,1-4H3,(H,17,18). The predicted octanol–water partition coefficient (Wildman–Crippen LogP) is 3.10. The van der Waals surface area contributed by atoms with Crippen molar-refractivity contribution in [2.75, 3.05) is 0 Å². The topological polar surface area (TPSA) is 63.6 Å². The van der Waals surface area contributed by atoms with Crippen molar-refractivity contribution in [2.24, 2.45) is 5.41 Å². The van der Waals surface area contributed by atoms with Crippen LogP contribution in [0.25, 0.3) is 0 Å². The zero-order chi connectivity index (χ0) is 16.4. The molecule has 118 valence electrons. The van der Waals surface area contributed by atoms with Crippen LogP contribution < -0.4 is 0 Å². The Hall–Kier alpha value is -1.34. The number of rotatable bonds is 6. The highest BCUT2D eigenvalue weighted by molar-refractivity contribution is 5.81. The van der Waals surface area contributed by atoms with Gasteiger partial charge in [0.2, 0.25) is 0 Å². The first kappa shape index (κ1) is 18.7. The number of ether oxygens (including phenoxy) is 1. The smallest absolute Gasteiger partial charge is 0.437 e. The first-order valence-corrected chi connectivity index (χ1v) is 6.04. The Morgan fingerprint density at radius 1 is 1.15 bits per heavy atom. The summed E-state index contributed by atoms with van der Waals surface area (Å²) in [6.07, 6.45) is -8.48. The molecule has 0 saturated heterocycles. The number of carboxylic acid groups (broad SMARTS) is 1. The predicted molar refractivity (Wildman–Crippen MR) is 61.8 cm³/mol. The van der Waals surface area contributed by atoms with Gasteiger partial charge in [0.25, 0.3) is 0 Å². The first-order chi connectivity index (χ1) is 8.84. The maximum Gasteiger partial charge on any atom is 0.437 e. The maximum absolute atomic E-state index is 13.9. The fourth-order valence-electron chi connectivity index (χ4n) is 1.32. The van der Waals surface area contributed by atoms with Crippen LogP contribution in [0.15, 0.2) is 0 Å². The molecule has 0 rings (SSSR count). The normalized spacial score (nSPS) is 17.2. The lowest BCUT2D eigenvalue weighted by molar-refractivity contribution is -0.264. The van der Waals surface area contributed by atoms with Crippen LogP contribution in [-0.4, -0.2) is 35.0 Å². The molecule has 0 amide bonds. The summed E-state index contributed by atoms with van der Waals surface area (Å²) in [6, 6.07) is 0. The number of carbonyl (C=O) groups is 2. The average molecular weight is 302 g/mol. The highest BCUT2D eigenvalue weighted by Gasteiger charge is 2.68. The van der Waals surface area contributed by atoms with Crippen molar-refractivity contribution in [1.82, 2.24) is 0 Å². The van der Waals surface area contributed by atoms with Crippen LogP contribution in [0.2, 0.25) is 0 Å². The molecule has 0 heterocycles. The van der Waals surface area contributed by atoms with E-state index in [4.69, 9.17) is 5.11 Å². The molecular formula is C12H18F4O4. The van der Waals surface area contributed by atoms with Gasteiger partial charge in [0.1, 0.15) is 0 Å². The second-order valence-electron chi connectivity index (χ2n) is 5.05.